The highest BCUT2D eigenvalue weighted by molar-refractivity contribution is 6.05. The van der Waals surface area contributed by atoms with Gasteiger partial charge in [0.1, 0.15) is 11.4 Å². The molecule has 2 saturated heterocycles. The van der Waals surface area contributed by atoms with Gasteiger partial charge in [0.05, 0.1) is 17.1 Å². The van der Waals surface area contributed by atoms with Crippen LogP contribution in [0.4, 0.5) is 25.8 Å². The van der Waals surface area contributed by atoms with Crippen LogP contribution in [0.5, 0.6) is 0 Å². The largest absolute Gasteiger partial charge is 0.381 e. The summed E-state index contributed by atoms with van der Waals surface area (Å²) in [4.78, 5) is 27.7. The Bertz CT molecular complexity index is 1410. The Balaban J connectivity index is 0.000000477. The van der Waals surface area contributed by atoms with Crippen LogP contribution in [0, 0.1) is 17.6 Å². The summed E-state index contributed by atoms with van der Waals surface area (Å²) in [5, 5.41) is 8.83. The van der Waals surface area contributed by atoms with Crippen LogP contribution in [0.3, 0.4) is 0 Å². The Morgan fingerprint density at radius 3 is 2.42 bits per heavy atom. The smallest absolute Gasteiger partial charge is 0.276 e. The molecule has 2 aromatic carbocycles. The van der Waals surface area contributed by atoms with Crippen molar-refractivity contribution in [2.24, 2.45) is 5.92 Å². The van der Waals surface area contributed by atoms with Crippen LogP contribution >= 0.6 is 0 Å². The lowest BCUT2D eigenvalue weighted by atomic mass is 10.1. The molecule has 4 heterocycles. The van der Waals surface area contributed by atoms with E-state index >= 15 is 0 Å². The highest BCUT2D eigenvalue weighted by Crippen LogP contribution is 2.41. The molecule has 0 saturated carbocycles. The topological polar surface area (TPSA) is 91.7 Å². The van der Waals surface area contributed by atoms with Crippen molar-refractivity contribution in [3.63, 3.8) is 0 Å². The fourth-order valence-corrected chi connectivity index (χ4v) is 5.24. The van der Waals surface area contributed by atoms with E-state index in [2.05, 4.69) is 27.7 Å². The summed E-state index contributed by atoms with van der Waals surface area (Å²) in [5.74, 6) is -1.95. The van der Waals surface area contributed by atoms with Crippen LogP contribution in [-0.2, 0) is 11.3 Å². The molecule has 1 aromatic heterocycles. The number of aromatic nitrogens is 2. The van der Waals surface area contributed by atoms with E-state index in [-0.39, 0.29) is 5.69 Å². The van der Waals surface area contributed by atoms with Crippen molar-refractivity contribution in [2.45, 2.75) is 39.2 Å². The Morgan fingerprint density at radius 2 is 1.80 bits per heavy atom. The van der Waals surface area contributed by atoms with E-state index in [0.29, 0.717) is 22.8 Å². The molecule has 9 nitrogen and oxygen atoms in total. The number of halogens is 2. The summed E-state index contributed by atoms with van der Waals surface area (Å²) in [5.41, 5.74) is 5.41. The Morgan fingerprint density at radius 1 is 1.05 bits per heavy atom. The average molecular weight is 553 g/mol. The first-order valence-electron chi connectivity index (χ1n) is 13.6. The summed E-state index contributed by atoms with van der Waals surface area (Å²) in [6.07, 6.45) is 4.99. The highest BCUT2D eigenvalue weighted by Gasteiger charge is 2.29. The fraction of sp³-hybridized carbons (Fsp3) is 0.414. The van der Waals surface area contributed by atoms with Crippen LogP contribution in [0.2, 0.25) is 0 Å². The molecular weight excluding hydrogens is 518 g/mol. The lowest BCUT2D eigenvalue weighted by Crippen LogP contribution is -2.27. The summed E-state index contributed by atoms with van der Waals surface area (Å²) in [7, 11) is 1.95. The van der Waals surface area contributed by atoms with Gasteiger partial charge in [-0.05, 0) is 61.9 Å². The zero-order valence-corrected chi connectivity index (χ0v) is 22.8. The van der Waals surface area contributed by atoms with Crippen LogP contribution in [-0.4, -0.2) is 54.0 Å². The van der Waals surface area contributed by atoms with Gasteiger partial charge in [-0.1, -0.05) is 13.0 Å². The molecular formula is C29H34F2N6O3. The minimum Gasteiger partial charge on any atom is -0.381 e. The Labute approximate surface area is 231 Å². The van der Waals surface area contributed by atoms with E-state index in [4.69, 9.17) is 4.74 Å². The number of fused-ring (bicyclic) bond motifs is 1. The number of hydrogen-bond acceptors (Lipinski definition) is 7. The number of hydrogen-bond donors (Lipinski definition) is 2. The number of rotatable bonds is 4. The normalized spacial score (nSPS) is 18.5. The van der Waals surface area contributed by atoms with Gasteiger partial charge in [-0.15, -0.1) is 0 Å². The van der Waals surface area contributed by atoms with Gasteiger partial charge in [0.15, 0.2) is 11.6 Å². The third-order valence-electron chi connectivity index (χ3n) is 7.24. The molecule has 0 aliphatic carbocycles. The number of hydrazine groups is 1. The van der Waals surface area contributed by atoms with E-state index in [9.17, 15) is 18.4 Å². The minimum atomic E-state index is -0.951. The third-order valence-corrected chi connectivity index (χ3v) is 7.24. The number of nitrogens with zero attached hydrogens (tertiary/aromatic N) is 4. The molecule has 3 aliphatic heterocycles. The standard InChI is InChI=1S/C24H24F2N6O2.C5H10O/c1-14-10-11-31(12-14)22-15-13-30(2)28-18(15)6-7-19(22)27-24(34)20-8-9-21(33)32(29-20)23-16(25)4-3-5-17(23)26;1-2-4-6-5-3-1/h3-9,14,28H,10-13H2,1-2H3,(H,27,34);1-5H2/t14-;/m0./s1. The van der Waals surface area contributed by atoms with Crippen LogP contribution in [0.15, 0.2) is 47.3 Å². The Kier molecular flexibility index (Phi) is 8.41. The predicted molar refractivity (Wildman–Crippen MR) is 150 cm³/mol. The summed E-state index contributed by atoms with van der Waals surface area (Å²) in [6, 6.07) is 9.28. The first-order chi connectivity index (χ1) is 19.3. The molecule has 212 valence electrons. The van der Waals surface area contributed by atoms with Gasteiger partial charge in [0, 0.05) is 51.5 Å². The first kappa shape index (κ1) is 27.7. The quantitative estimate of drug-likeness (QED) is 0.490. The minimum absolute atomic E-state index is 0.140. The molecule has 6 rings (SSSR count). The van der Waals surface area contributed by atoms with Crippen molar-refractivity contribution in [3.8, 4) is 5.69 Å². The molecule has 3 aromatic rings. The van der Waals surface area contributed by atoms with Gasteiger partial charge in [0.2, 0.25) is 0 Å². The SMILES string of the molecule is C1CCOCC1.C[C@H]1CCN(c2c(NC(=O)c3ccc(=O)n(-c4c(F)cccc4F)n3)ccc3c2CN(C)N3)C1. The lowest BCUT2D eigenvalue weighted by molar-refractivity contribution is 0.0968. The average Bonchev–Trinajstić information content (AvgIpc) is 3.55. The van der Waals surface area contributed by atoms with E-state index < -0.39 is 28.8 Å². The predicted octanol–water partition coefficient (Wildman–Crippen LogP) is 4.57. The number of ether oxygens (including phenoxy) is 1. The van der Waals surface area contributed by atoms with Crippen molar-refractivity contribution in [1.82, 2.24) is 14.8 Å². The molecule has 40 heavy (non-hydrogen) atoms. The van der Waals surface area contributed by atoms with Crippen LogP contribution < -0.4 is 21.2 Å². The van der Waals surface area contributed by atoms with Gasteiger partial charge in [-0.3, -0.25) is 9.59 Å². The zero-order valence-electron chi connectivity index (χ0n) is 22.8. The lowest BCUT2D eigenvalue weighted by Gasteiger charge is -2.25. The number of carbonyl (C=O) groups excluding carboxylic acids is 1. The van der Waals surface area contributed by atoms with Crippen molar-refractivity contribution >= 4 is 23.0 Å². The van der Waals surface area contributed by atoms with Crippen molar-refractivity contribution in [1.29, 1.82) is 0 Å². The summed E-state index contributed by atoms with van der Waals surface area (Å²) < 4.78 is 34.2. The zero-order chi connectivity index (χ0) is 28.2. The second-order valence-electron chi connectivity index (χ2n) is 10.5. The number of anilines is 3. The van der Waals surface area contributed by atoms with E-state index in [0.717, 1.165) is 67.9 Å². The molecule has 0 radical (unpaired) electrons. The van der Waals surface area contributed by atoms with Gasteiger partial charge < -0.3 is 20.4 Å². The van der Waals surface area contributed by atoms with Gasteiger partial charge in [-0.2, -0.15) is 9.78 Å². The molecule has 2 N–H and O–H groups in total. The number of benzene rings is 2. The third kappa shape index (κ3) is 6.00. The summed E-state index contributed by atoms with van der Waals surface area (Å²) >= 11 is 0. The Hall–Kier alpha value is -3.83. The molecule has 0 unspecified atom stereocenters. The molecule has 0 bridgehead atoms. The maximum atomic E-state index is 14.3. The molecule has 3 aliphatic rings. The van der Waals surface area contributed by atoms with Crippen molar-refractivity contribution in [2.75, 3.05) is 49.0 Å². The maximum absolute atomic E-state index is 14.3. The number of nitrogens with one attached hydrogen (secondary N) is 2. The van der Waals surface area contributed by atoms with E-state index in [1.165, 1.54) is 31.4 Å². The highest BCUT2D eigenvalue weighted by atomic mass is 19.1. The number of carbonyl (C=O) groups is 1. The van der Waals surface area contributed by atoms with Crippen LogP contribution in [0.25, 0.3) is 5.69 Å². The van der Waals surface area contributed by atoms with Crippen molar-refractivity contribution < 1.29 is 18.3 Å². The molecule has 11 heteroatoms. The van der Waals surface area contributed by atoms with Gasteiger partial charge >= 0.3 is 0 Å². The molecule has 2 fully saturated rings. The fourth-order valence-electron chi connectivity index (χ4n) is 5.24. The monoisotopic (exact) mass is 552 g/mol. The molecule has 1 amide bonds. The van der Waals surface area contributed by atoms with Crippen LogP contribution in [0.1, 0.15) is 48.7 Å². The van der Waals surface area contributed by atoms with Gasteiger partial charge in [-0.25, -0.2) is 13.8 Å². The second kappa shape index (κ2) is 12.1. The first-order valence-corrected chi connectivity index (χ1v) is 13.6. The van der Waals surface area contributed by atoms with Crippen molar-refractivity contribution in [3.05, 3.63) is 75.7 Å². The summed E-state index contributed by atoms with van der Waals surface area (Å²) in [6.45, 7) is 6.62. The maximum Gasteiger partial charge on any atom is 0.276 e. The number of para-hydroxylation sites is 1. The van der Waals surface area contributed by atoms with E-state index in [1.807, 2.05) is 24.2 Å². The molecule has 0 spiro atoms. The molecule has 1 atom stereocenters. The second-order valence-corrected chi connectivity index (χ2v) is 10.5. The van der Waals surface area contributed by atoms with Gasteiger partial charge in [0.25, 0.3) is 11.5 Å². The van der Waals surface area contributed by atoms with E-state index in [1.54, 1.807) is 0 Å². The number of amides is 1.